The van der Waals surface area contributed by atoms with Crippen molar-refractivity contribution in [3.63, 3.8) is 0 Å². The summed E-state index contributed by atoms with van der Waals surface area (Å²) in [6, 6.07) is 16.6. The van der Waals surface area contributed by atoms with Crippen molar-refractivity contribution in [1.82, 2.24) is 14.8 Å². The molecule has 3 aromatic rings. The molecule has 8 heteroatoms. The number of amides is 3. The van der Waals surface area contributed by atoms with Gasteiger partial charge < -0.3 is 20.0 Å². The Labute approximate surface area is 198 Å². The predicted octanol–water partition coefficient (Wildman–Crippen LogP) is 4.80. The lowest BCUT2D eigenvalue weighted by molar-refractivity contribution is 0.0671. The average Bonchev–Trinajstić information content (AvgIpc) is 2.86. The molecule has 2 heterocycles. The molecule has 0 aliphatic carbocycles. The van der Waals surface area contributed by atoms with Gasteiger partial charge in [0.1, 0.15) is 0 Å². The second-order valence-electron chi connectivity index (χ2n) is 7.98. The van der Waals surface area contributed by atoms with Crippen LogP contribution in [0.4, 0.5) is 21.9 Å². The van der Waals surface area contributed by atoms with Crippen molar-refractivity contribution in [3.05, 3.63) is 83.1 Å². The zero-order valence-corrected chi connectivity index (χ0v) is 19.4. The van der Waals surface area contributed by atoms with E-state index in [1.807, 2.05) is 61.3 Å². The number of nitrogens with zero attached hydrogens (tertiary/aromatic N) is 4. The fourth-order valence-corrected chi connectivity index (χ4v) is 3.93. The van der Waals surface area contributed by atoms with Gasteiger partial charge in [-0.2, -0.15) is 0 Å². The van der Waals surface area contributed by atoms with E-state index in [1.54, 1.807) is 34.3 Å². The number of carbonyl (C=O) groups excluding carboxylic acids is 2. The quantitative estimate of drug-likeness (QED) is 0.603. The fraction of sp³-hybridized carbons (Fsp3) is 0.240. The number of nitrogens with one attached hydrogen (secondary N) is 1. The van der Waals surface area contributed by atoms with Gasteiger partial charge in [0.15, 0.2) is 0 Å². The lowest BCUT2D eigenvalue weighted by atomic mass is 10.1. The summed E-state index contributed by atoms with van der Waals surface area (Å²) in [6.07, 6.45) is 3.50. The molecule has 1 N–H and O–H groups in total. The number of carbonyl (C=O) groups is 2. The maximum absolute atomic E-state index is 13.0. The zero-order valence-electron chi connectivity index (χ0n) is 18.7. The van der Waals surface area contributed by atoms with Gasteiger partial charge in [-0.15, -0.1) is 0 Å². The summed E-state index contributed by atoms with van der Waals surface area (Å²) in [5, 5.41) is 3.49. The second-order valence-corrected chi connectivity index (χ2v) is 8.42. The van der Waals surface area contributed by atoms with E-state index in [2.05, 4.69) is 10.3 Å². The molecule has 1 fully saturated rings. The summed E-state index contributed by atoms with van der Waals surface area (Å²) in [7, 11) is 1.97. The van der Waals surface area contributed by atoms with Crippen molar-refractivity contribution >= 4 is 40.6 Å². The molecule has 0 radical (unpaired) electrons. The number of aromatic nitrogens is 1. The van der Waals surface area contributed by atoms with Crippen molar-refractivity contribution in [2.45, 2.75) is 6.92 Å². The molecule has 1 aliphatic rings. The number of hydrogen-bond acceptors (Lipinski definition) is 4. The van der Waals surface area contributed by atoms with Crippen molar-refractivity contribution in [2.24, 2.45) is 0 Å². The minimum atomic E-state index is -0.184. The van der Waals surface area contributed by atoms with Gasteiger partial charge in [0, 0.05) is 73.3 Å². The van der Waals surface area contributed by atoms with Crippen molar-refractivity contribution < 1.29 is 9.59 Å². The van der Waals surface area contributed by atoms with E-state index < -0.39 is 0 Å². The van der Waals surface area contributed by atoms with Crippen LogP contribution in [0.2, 0.25) is 5.02 Å². The van der Waals surface area contributed by atoms with Gasteiger partial charge in [-0.05, 0) is 61.0 Å². The lowest BCUT2D eigenvalue weighted by Gasteiger charge is -2.35. The topological polar surface area (TPSA) is 68.8 Å². The van der Waals surface area contributed by atoms with Crippen molar-refractivity contribution in [3.8, 4) is 0 Å². The van der Waals surface area contributed by atoms with Crippen LogP contribution in [0.1, 0.15) is 15.9 Å². The monoisotopic (exact) mass is 463 g/mol. The summed E-state index contributed by atoms with van der Waals surface area (Å²) in [4.78, 5) is 35.2. The Morgan fingerprint density at radius 2 is 1.52 bits per heavy atom. The van der Waals surface area contributed by atoms with E-state index >= 15 is 0 Å². The van der Waals surface area contributed by atoms with E-state index in [0.717, 1.165) is 16.9 Å². The first-order valence-electron chi connectivity index (χ1n) is 10.8. The molecule has 0 saturated carbocycles. The third-order valence-corrected chi connectivity index (χ3v) is 6.08. The number of hydrogen-bond donors (Lipinski definition) is 1. The first kappa shape index (κ1) is 22.6. The van der Waals surface area contributed by atoms with Gasteiger partial charge >= 0.3 is 6.03 Å². The largest absolute Gasteiger partial charge is 0.345 e. The molecule has 7 nitrogen and oxygen atoms in total. The van der Waals surface area contributed by atoms with Gasteiger partial charge in [-0.25, -0.2) is 4.79 Å². The Bertz CT molecular complexity index is 1130. The molecular formula is C25H26ClN5O2. The van der Waals surface area contributed by atoms with Crippen LogP contribution in [-0.4, -0.2) is 59.9 Å². The summed E-state index contributed by atoms with van der Waals surface area (Å²) in [5.74, 6) is -0.0288. The Kier molecular flexibility index (Phi) is 6.79. The van der Waals surface area contributed by atoms with Gasteiger partial charge in [0.2, 0.25) is 0 Å². The number of anilines is 3. The third-order valence-electron chi connectivity index (χ3n) is 5.85. The number of rotatable bonds is 4. The van der Waals surface area contributed by atoms with Crippen LogP contribution < -0.4 is 10.2 Å². The van der Waals surface area contributed by atoms with Gasteiger partial charge in [0.05, 0.1) is 0 Å². The number of aryl methyl sites for hydroxylation is 1. The van der Waals surface area contributed by atoms with E-state index in [0.29, 0.717) is 42.5 Å². The average molecular weight is 464 g/mol. The van der Waals surface area contributed by atoms with E-state index in [1.165, 1.54) is 0 Å². The second kappa shape index (κ2) is 9.92. The molecule has 0 spiro atoms. The highest BCUT2D eigenvalue weighted by atomic mass is 35.5. The summed E-state index contributed by atoms with van der Waals surface area (Å²) in [5.41, 5.74) is 4.28. The molecule has 33 heavy (non-hydrogen) atoms. The van der Waals surface area contributed by atoms with Crippen LogP contribution in [0.3, 0.4) is 0 Å². The molecule has 1 aromatic heterocycles. The Balaban J connectivity index is 1.33. The SMILES string of the molecule is Cc1ccc(Cl)cc1NC(=O)N1CCN(C(=O)c2ccc(N(C)c3ccncc3)cc2)CC1. The lowest BCUT2D eigenvalue weighted by Crippen LogP contribution is -2.51. The molecule has 3 amide bonds. The molecule has 1 saturated heterocycles. The molecule has 1 aliphatic heterocycles. The van der Waals surface area contributed by atoms with Crippen LogP contribution in [0, 0.1) is 6.92 Å². The van der Waals surface area contributed by atoms with E-state index in [4.69, 9.17) is 11.6 Å². The van der Waals surface area contributed by atoms with E-state index in [-0.39, 0.29) is 11.9 Å². The van der Waals surface area contributed by atoms with Crippen LogP contribution in [0.15, 0.2) is 67.0 Å². The van der Waals surface area contributed by atoms with Gasteiger partial charge in [0.25, 0.3) is 5.91 Å². The highest BCUT2D eigenvalue weighted by Crippen LogP contribution is 2.24. The molecular weight excluding hydrogens is 438 g/mol. The Morgan fingerprint density at radius 1 is 0.909 bits per heavy atom. The third kappa shape index (κ3) is 5.26. The first-order valence-corrected chi connectivity index (χ1v) is 11.2. The number of urea groups is 1. The minimum absolute atomic E-state index is 0.0288. The van der Waals surface area contributed by atoms with Crippen molar-refractivity contribution in [1.29, 1.82) is 0 Å². The van der Waals surface area contributed by atoms with Crippen LogP contribution in [0.5, 0.6) is 0 Å². The first-order chi connectivity index (χ1) is 15.9. The molecule has 2 aromatic carbocycles. The maximum atomic E-state index is 13.0. The minimum Gasteiger partial charge on any atom is -0.345 e. The number of pyridine rings is 1. The highest BCUT2D eigenvalue weighted by Gasteiger charge is 2.25. The summed E-state index contributed by atoms with van der Waals surface area (Å²) >= 11 is 6.04. The fourth-order valence-electron chi connectivity index (χ4n) is 3.76. The van der Waals surface area contributed by atoms with Crippen LogP contribution >= 0.6 is 11.6 Å². The van der Waals surface area contributed by atoms with Crippen LogP contribution in [-0.2, 0) is 0 Å². The molecule has 0 bridgehead atoms. The van der Waals surface area contributed by atoms with Gasteiger partial charge in [-0.3, -0.25) is 9.78 Å². The number of piperazine rings is 1. The maximum Gasteiger partial charge on any atom is 0.321 e. The normalized spacial score (nSPS) is 13.5. The summed E-state index contributed by atoms with van der Waals surface area (Å²) in [6.45, 7) is 3.83. The number of benzene rings is 2. The molecule has 4 rings (SSSR count). The highest BCUT2D eigenvalue weighted by molar-refractivity contribution is 6.31. The van der Waals surface area contributed by atoms with Gasteiger partial charge in [-0.1, -0.05) is 17.7 Å². The van der Waals surface area contributed by atoms with Crippen LogP contribution in [0.25, 0.3) is 0 Å². The standard InChI is InChI=1S/C25H26ClN5O2/c1-18-3-6-20(26)17-23(18)28-25(33)31-15-13-30(14-16-31)24(32)19-4-7-21(8-5-19)29(2)22-9-11-27-12-10-22/h3-12,17H,13-16H2,1-2H3,(H,28,33). The van der Waals surface area contributed by atoms with E-state index in [9.17, 15) is 9.59 Å². The number of halogens is 1. The predicted molar refractivity (Wildman–Crippen MR) is 131 cm³/mol. The molecule has 0 atom stereocenters. The Morgan fingerprint density at radius 3 is 2.18 bits per heavy atom. The summed E-state index contributed by atoms with van der Waals surface area (Å²) < 4.78 is 0. The zero-order chi connectivity index (χ0) is 23.4. The molecule has 0 unspecified atom stereocenters. The van der Waals surface area contributed by atoms with Crippen molar-refractivity contribution in [2.75, 3.05) is 43.4 Å². The Hall–Kier alpha value is -3.58. The smallest absolute Gasteiger partial charge is 0.321 e. The molecule has 170 valence electrons.